The molecule has 1 fully saturated rings. The van der Waals surface area contributed by atoms with Gasteiger partial charge in [0.15, 0.2) is 0 Å². The molecule has 2 aliphatic rings. The van der Waals surface area contributed by atoms with Gasteiger partial charge in [0.05, 0.1) is 0 Å². The number of hydrogen-bond acceptors (Lipinski definition) is 4. The Bertz CT molecular complexity index is 498. The average Bonchev–Trinajstić information content (AvgIpc) is 3.11. The molecule has 0 saturated carbocycles. The molecule has 2 N–H and O–H groups in total. The highest BCUT2D eigenvalue weighted by Crippen LogP contribution is 2.22. The van der Waals surface area contributed by atoms with Crippen LogP contribution in [0.4, 0.5) is 4.79 Å². The van der Waals surface area contributed by atoms with Crippen molar-refractivity contribution in [2.45, 2.75) is 45.1 Å². The maximum atomic E-state index is 11.8. The van der Waals surface area contributed by atoms with Crippen molar-refractivity contribution in [2.24, 2.45) is 5.92 Å². The number of rotatable bonds is 5. The topological polar surface area (TPSA) is 71.8 Å². The van der Waals surface area contributed by atoms with E-state index < -0.39 is 0 Å². The summed E-state index contributed by atoms with van der Waals surface area (Å²) in [5, 5.41) is 14.5. The molecule has 122 valence electrons. The van der Waals surface area contributed by atoms with Gasteiger partial charge in [0.25, 0.3) is 0 Å². The summed E-state index contributed by atoms with van der Waals surface area (Å²) < 4.78 is 2.24. The van der Waals surface area contributed by atoms with Crippen LogP contribution in [0.15, 0.2) is 0 Å². The predicted molar refractivity (Wildman–Crippen MR) is 88.1 cm³/mol. The van der Waals surface area contributed by atoms with E-state index in [4.69, 9.17) is 0 Å². The Labute approximate surface area is 135 Å². The third-order valence-electron chi connectivity index (χ3n) is 4.40. The second-order valence-corrected chi connectivity index (χ2v) is 7.26. The van der Waals surface area contributed by atoms with Gasteiger partial charge in [-0.2, -0.15) is 11.8 Å². The first kappa shape index (κ1) is 15.6. The molecule has 3 rings (SSSR count). The van der Waals surface area contributed by atoms with Crippen LogP contribution in [-0.4, -0.2) is 45.4 Å². The van der Waals surface area contributed by atoms with Crippen molar-refractivity contribution in [1.29, 1.82) is 0 Å². The van der Waals surface area contributed by atoms with Crippen molar-refractivity contribution >= 4 is 17.8 Å². The van der Waals surface area contributed by atoms with Gasteiger partial charge in [-0.15, -0.1) is 10.2 Å². The number of hydrogen-bond donors (Lipinski definition) is 2. The van der Waals surface area contributed by atoms with Crippen LogP contribution in [0.3, 0.4) is 0 Å². The van der Waals surface area contributed by atoms with Crippen LogP contribution in [0.2, 0.25) is 0 Å². The van der Waals surface area contributed by atoms with Crippen molar-refractivity contribution in [3.63, 3.8) is 0 Å². The number of nitrogens with zero attached hydrogens (tertiary/aromatic N) is 3. The summed E-state index contributed by atoms with van der Waals surface area (Å²) in [7, 11) is 0. The van der Waals surface area contributed by atoms with Crippen LogP contribution in [0.5, 0.6) is 0 Å². The zero-order valence-corrected chi connectivity index (χ0v) is 13.8. The van der Waals surface area contributed by atoms with E-state index in [0.29, 0.717) is 12.5 Å². The molecule has 1 saturated heterocycles. The number of urea groups is 1. The summed E-state index contributed by atoms with van der Waals surface area (Å²) in [6, 6.07) is -0.0625. The summed E-state index contributed by atoms with van der Waals surface area (Å²) in [6.07, 6.45) is 6.67. The minimum Gasteiger partial charge on any atom is -0.338 e. The van der Waals surface area contributed by atoms with Crippen LogP contribution in [0, 0.1) is 5.92 Å². The molecule has 1 atom stereocenters. The van der Waals surface area contributed by atoms with Crippen molar-refractivity contribution in [2.75, 3.05) is 24.6 Å². The zero-order chi connectivity index (χ0) is 15.2. The molecule has 1 unspecified atom stereocenters. The average molecular weight is 323 g/mol. The van der Waals surface area contributed by atoms with Gasteiger partial charge in [0.1, 0.15) is 11.6 Å². The van der Waals surface area contributed by atoms with E-state index in [-0.39, 0.29) is 6.03 Å². The van der Waals surface area contributed by atoms with E-state index in [9.17, 15) is 4.79 Å². The van der Waals surface area contributed by atoms with E-state index in [0.717, 1.165) is 37.6 Å². The Hall–Kier alpha value is -1.24. The number of thioether (sulfide) groups is 1. The Morgan fingerprint density at radius 2 is 2.23 bits per heavy atom. The van der Waals surface area contributed by atoms with Crippen molar-refractivity contribution < 1.29 is 4.79 Å². The molecule has 3 heterocycles. The number of fused-ring (bicyclic) bond motifs is 1. The molecule has 0 bridgehead atoms. The van der Waals surface area contributed by atoms with E-state index >= 15 is 0 Å². The molecule has 0 radical (unpaired) electrons. The van der Waals surface area contributed by atoms with Crippen LogP contribution in [0.1, 0.15) is 37.3 Å². The standard InChI is InChI=1S/C15H25N5OS/c21-15(17-10-12-6-9-22-11-12)16-7-5-14-19-18-13-4-2-1-3-8-20(13)14/h12H,1-11H2,(H2,16,17,21). The molecular formula is C15H25N5OS. The van der Waals surface area contributed by atoms with Gasteiger partial charge in [-0.3, -0.25) is 0 Å². The molecular weight excluding hydrogens is 298 g/mol. The molecule has 0 spiro atoms. The zero-order valence-electron chi connectivity index (χ0n) is 13.0. The second-order valence-electron chi connectivity index (χ2n) is 6.11. The van der Waals surface area contributed by atoms with E-state index in [1.165, 1.54) is 37.2 Å². The molecule has 2 amide bonds. The fourth-order valence-corrected chi connectivity index (χ4v) is 4.35. The first-order valence-corrected chi connectivity index (χ1v) is 9.49. The molecule has 0 aliphatic carbocycles. The number of carbonyl (C=O) groups excluding carboxylic acids is 1. The number of amides is 2. The second kappa shape index (κ2) is 7.85. The first-order chi connectivity index (χ1) is 10.8. The summed E-state index contributed by atoms with van der Waals surface area (Å²) in [5.74, 6) is 5.15. The smallest absolute Gasteiger partial charge is 0.314 e. The Kier molecular flexibility index (Phi) is 5.58. The van der Waals surface area contributed by atoms with Gasteiger partial charge in [-0.25, -0.2) is 4.79 Å². The molecule has 0 aromatic carbocycles. The van der Waals surface area contributed by atoms with Gasteiger partial charge in [0, 0.05) is 32.5 Å². The number of nitrogens with one attached hydrogen (secondary N) is 2. The maximum Gasteiger partial charge on any atom is 0.314 e. The fraction of sp³-hybridized carbons (Fsp3) is 0.800. The van der Waals surface area contributed by atoms with Gasteiger partial charge >= 0.3 is 6.03 Å². The summed E-state index contributed by atoms with van der Waals surface area (Å²) >= 11 is 1.98. The number of aryl methyl sites for hydroxylation is 1. The van der Waals surface area contributed by atoms with Gasteiger partial charge in [-0.1, -0.05) is 6.42 Å². The minimum absolute atomic E-state index is 0.0625. The third kappa shape index (κ3) is 4.15. The Morgan fingerprint density at radius 3 is 3.09 bits per heavy atom. The predicted octanol–water partition coefficient (Wildman–Crippen LogP) is 1.60. The van der Waals surface area contributed by atoms with Crippen molar-refractivity contribution in [3.8, 4) is 0 Å². The molecule has 6 nitrogen and oxygen atoms in total. The quantitative estimate of drug-likeness (QED) is 0.863. The lowest BCUT2D eigenvalue weighted by atomic mass is 10.1. The highest BCUT2D eigenvalue weighted by molar-refractivity contribution is 7.99. The van der Waals surface area contributed by atoms with Crippen LogP contribution in [0.25, 0.3) is 0 Å². The van der Waals surface area contributed by atoms with Gasteiger partial charge in [-0.05, 0) is 36.7 Å². The Balaban J connectivity index is 1.39. The lowest BCUT2D eigenvalue weighted by Gasteiger charge is -2.11. The highest BCUT2D eigenvalue weighted by Gasteiger charge is 2.17. The summed E-state index contributed by atoms with van der Waals surface area (Å²) in [6.45, 7) is 2.42. The van der Waals surface area contributed by atoms with E-state index in [1.54, 1.807) is 0 Å². The Morgan fingerprint density at radius 1 is 1.27 bits per heavy atom. The molecule has 7 heteroatoms. The fourth-order valence-electron chi connectivity index (χ4n) is 3.06. The number of carbonyl (C=O) groups is 1. The number of aromatic nitrogens is 3. The molecule has 1 aromatic heterocycles. The van der Waals surface area contributed by atoms with Crippen LogP contribution in [-0.2, 0) is 19.4 Å². The summed E-state index contributed by atoms with van der Waals surface area (Å²) in [4.78, 5) is 11.8. The summed E-state index contributed by atoms with van der Waals surface area (Å²) in [5.41, 5.74) is 0. The molecule has 2 aliphatic heterocycles. The van der Waals surface area contributed by atoms with Crippen LogP contribution < -0.4 is 10.6 Å². The monoisotopic (exact) mass is 323 g/mol. The van der Waals surface area contributed by atoms with Crippen LogP contribution >= 0.6 is 11.8 Å². The highest BCUT2D eigenvalue weighted by atomic mass is 32.2. The normalized spacial score (nSPS) is 21.2. The largest absolute Gasteiger partial charge is 0.338 e. The van der Waals surface area contributed by atoms with Crippen molar-refractivity contribution in [3.05, 3.63) is 11.6 Å². The third-order valence-corrected chi connectivity index (χ3v) is 5.63. The minimum atomic E-state index is -0.0625. The van der Waals surface area contributed by atoms with Gasteiger partial charge in [0.2, 0.25) is 0 Å². The lowest BCUT2D eigenvalue weighted by Crippen LogP contribution is -2.39. The maximum absolute atomic E-state index is 11.8. The SMILES string of the molecule is O=C(NCCc1nnc2n1CCCCC2)NCC1CCSC1. The lowest BCUT2D eigenvalue weighted by molar-refractivity contribution is 0.239. The molecule has 22 heavy (non-hydrogen) atoms. The van der Waals surface area contributed by atoms with Gasteiger partial charge < -0.3 is 15.2 Å². The molecule has 1 aromatic rings. The van der Waals surface area contributed by atoms with E-state index in [2.05, 4.69) is 25.4 Å². The van der Waals surface area contributed by atoms with Crippen molar-refractivity contribution in [1.82, 2.24) is 25.4 Å². The first-order valence-electron chi connectivity index (χ1n) is 8.33. The van der Waals surface area contributed by atoms with E-state index in [1.807, 2.05) is 11.8 Å².